The molecule has 0 bridgehead atoms. The van der Waals surface area contributed by atoms with E-state index in [9.17, 15) is 9.59 Å². The molecule has 140 valence electrons. The standard InChI is InChI=1S/C20H21ClN4O2/c21-16-8-6-15(7-9-16)20(27)23-11-3-5-19(26)22-12-10-17-14-25-13-2-1-4-18(25)24-17/h1-2,4,6-9,13-14H,3,5,10-12H2,(H,22,26)(H,23,27). The maximum absolute atomic E-state index is 11.9. The summed E-state index contributed by atoms with van der Waals surface area (Å²) in [4.78, 5) is 28.3. The first-order valence-corrected chi connectivity index (χ1v) is 9.23. The third kappa shape index (κ3) is 5.56. The number of halogens is 1. The van der Waals surface area contributed by atoms with E-state index in [1.54, 1.807) is 24.3 Å². The second-order valence-electron chi connectivity index (χ2n) is 6.16. The molecule has 2 heterocycles. The van der Waals surface area contributed by atoms with Gasteiger partial charge in [-0.3, -0.25) is 9.59 Å². The lowest BCUT2D eigenvalue weighted by Gasteiger charge is -2.06. The minimum absolute atomic E-state index is 0.0282. The zero-order valence-corrected chi connectivity index (χ0v) is 15.6. The second kappa shape index (κ2) is 9.19. The normalized spacial score (nSPS) is 10.7. The maximum atomic E-state index is 11.9. The predicted octanol–water partition coefficient (Wildman–Crippen LogP) is 2.86. The zero-order chi connectivity index (χ0) is 19.1. The van der Waals surface area contributed by atoms with Crippen LogP contribution in [-0.4, -0.2) is 34.3 Å². The minimum atomic E-state index is -0.168. The van der Waals surface area contributed by atoms with Crippen molar-refractivity contribution in [3.8, 4) is 0 Å². The van der Waals surface area contributed by atoms with E-state index in [1.165, 1.54) is 0 Å². The summed E-state index contributed by atoms with van der Waals surface area (Å²) in [5.41, 5.74) is 2.39. The van der Waals surface area contributed by atoms with Crippen LogP contribution in [0.3, 0.4) is 0 Å². The zero-order valence-electron chi connectivity index (χ0n) is 14.8. The summed E-state index contributed by atoms with van der Waals surface area (Å²) < 4.78 is 1.96. The summed E-state index contributed by atoms with van der Waals surface area (Å²) in [5, 5.41) is 6.27. The molecule has 0 atom stereocenters. The summed E-state index contributed by atoms with van der Waals surface area (Å²) in [7, 11) is 0. The van der Waals surface area contributed by atoms with E-state index in [0.717, 1.165) is 11.3 Å². The number of aromatic nitrogens is 2. The number of pyridine rings is 1. The van der Waals surface area contributed by atoms with Gasteiger partial charge >= 0.3 is 0 Å². The number of nitrogens with zero attached hydrogens (tertiary/aromatic N) is 2. The molecule has 0 saturated carbocycles. The first-order chi connectivity index (χ1) is 13.1. The molecule has 1 aromatic carbocycles. The van der Waals surface area contributed by atoms with Crippen molar-refractivity contribution in [2.45, 2.75) is 19.3 Å². The van der Waals surface area contributed by atoms with Crippen molar-refractivity contribution in [2.24, 2.45) is 0 Å². The molecule has 0 saturated heterocycles. The van der Waals surface area contributed by atoms with E-state index in [0.29, 0.717) is 42.9 Å². The summed E-state index contributed by atoms with van der Waals surface area (Å²) in [6.45, 7) is 0.987. The fourth-order valence-electron chi connectivity index (χ4n) is 2.68. The van der Waals surface area contributed by atoms with Gasteiger partial charge in [0.2, 0.25) is 5.91 Å². The highest BCUT2D eigenvalue weighted by Gasteiger charge is 2.06. The van der Waals surface area contributed by atoms with Gasteiger partial charge < -0.3 is 15.0 Å². The van der Waals surface area contributed by atoms with Gasteiger partial charge in [-0.25, -0.2) is 4.98 Å². The van der Waals surface area contributed by atoms with Gasteiger partial charge in [0.25, 0.3) is 5.91 Å². The predicted molar refractivity (Wildman–Crippen MR) is 105 cm³/mol. The largest absolute Gasteiger partial charge is 0.356 e. The Kier molecular flexibility index (Phi) is 6.44. The molecule has 2 aromatic heterocycles. The number of amides is 2. The summed E-state index contributed by atoms with van der Waals surface area (Å²) in [6, 6.07) is 12.5. The summed E-state index contributed by atoms with van der Waals surface area (Å²) in [5.74, 6) is -0.196. The van der Waals surface area contributed by atoms with Gasteiger partial charge in [-0.15, -0.1) is 0 Å². The highest BCUT2D eigenvalue weighted by Crippen LogP contribution is 2.09. The number of carbonyl (C=O) groups is 2. The van der Waals surface area contributed by atoms with E-state index in [4.69, 9.17) is 11.6 Å². The summed E-state index contributed by atoms with van der Waals surface area (Å²) >= 11 is 5.80. The molecule has 0 aliphatic rings. The Bertz CT molecular complexity index is 888. The van der Waals surface area contributed by atoms with Crippen LogP contribution in [0.2, 0.25) is 5.02 Å². The number of nitrogens with one attached hydrogen (secondary N) is 2. The van der Waals surface area contributed by atoms with Gasteiger partial charge in [0.1, 0.15) is 5.65 Å². The Morgan fingerprint density at radius 3 is 2.63 bits per heavy atom. The van der Waals surface area contributed by atoms with Crippen molar-refractivity contribution in [1.29, 1.82) is 0 Å². The lowest BCUT2D eigenvalue weighted by Crippen LogP contribution is -2.28. The molecular formula is C20H21ClN4O2. The molecule has 3 rings (SSSR count). The smallest absolute Gasteiger partial charge is 0.251 e. The van der Waals surface area contributed by atoms with Gasteiger partial charge in [-0.2, -0.15) is 0 Å². The molecule has 2 N–H and O–H groups in total. The molecule has 0 fully saturated rings. The molecule has 0 aliphatic carbocycles. The van der Waals surface area contributed by atoms with Crippen molar-refractivity contribution in [3.63, 3.8) is 0 Å². The SMILES string of the molecule is O=C(CCCNC(=O)c1ccc(Cl)cc1)NCCc1cn2ccccc2n1. The molecular weight excluding hydrogens is 364 g/mol. The first-order valence-electron chi connectivity index (χ1n) is 8.85. The molecule has 0 unspecified atom stereocenters. The van der Waals surface area contributed by atoms with Crippen LogP contribution in [-0.2, 0) is 11.2 Å². The Balaban J connectivity index is 1.31. The van der Waals surface area contributed by atoms with Gasteiger partial charge in [-0.05, 0) is 42.8 Å². The Morgan fingerprint density at radius 2 is 1.85 bits per heavy atom. The van der Waals surface area contributed by atoms with Crippen LogP contribution in [0.25, 0.3) is 5.65 Å². The Labute approximate surface area is 162 Å². The van der Waals surface area contributed by atoms with Gasteiger partial charge in [0, 0.05) is 48.9 Å². The highest BCUT2D eigenvalue weighted by molar-refractivity contribution is 6.30. The van der Waals surface area contributed by atoms with E-state index >= 15 is 0 Å². The molecule has 0 radical (unpaired) electrons. The average molecular weight is 385 g/mol. The Hall–Kier alpha value is -2.86. The number of fused-ring (bicyclic) bond motifs is 1. The van der Waals surface area contributed by atoms with Crippen LogP contribution in [0.15, 0.2) is 54.9 Å². The van der Waals surface area contributed by atoms with Crippen molar-refractivity contribution in [1.82, 2.24) is 20.0 Å². The lowest BCUT2D eigenvalue weighted by atomic mass is 10.2. The first kappa shape index (κ1) is 18.9. The fraction of sp³-hybridized carbons (Fsp3) is 0.250. The third-order valence-corrected chi connectivity index (χ3v) is 4.34. The van der Waals surface area contributed by atoms with Crippen LogP contribution < -0.4 is 10.6 Å². The van der Waals surface area contributed by atoms with Gasteiger partial charge in [0.05, 0.1) is 5.69 Å². The van der Waals surface area contributed by atoms with E-state index in [1.807, 2.05) is 35.0 Å². The fourth-order valence-corrected chi connectivity index (χ4v) is 2.81. The number of benzene rings is 1. The maximum Gasteiger partial charge on any atom is 0.251 e. The van der Waals surface area contributed by atoms with Crippen LogP contribution in [0, 0.1) is 0 Å². The third-order valence-electron chi connectivity index (χ3n) is 4.09. The van der Waals surface area contributed by atoms with Crippen molar-refractivity contribution in [2.75, 3.05) is 13.1 Å². The molecule has 3 aromatic rings. The average Bonchev–Trinajstić information content (AvgIpc) is 3.08. The van der Waals surface area contributed by atoms with Gasteiger partial charge in [0.15, 0.2) is 0 Å². The number of rotatable bonds is 8. The molecule has 27 heavy (non-hydrogen) atoms. The Morgan fingerprint density at radius 1 is 1.04 bits per heavy atom. The molecule has 6 nitrogen and oxygen atoms in total. The molecule has 0 spiro atoms. The van der Waals surface area contributed by atoms with Crippen molar-refractivity contribution < 1.29 is 9.59 Å². The topological polar surface area (TPSA) is 75.5 Å². The molecule has 2 amide bonds. The van der Waals surface area contributed by atoms with Crippen LogP contribution >= 0.6 is 11.6 Å². The van der Waals surface area contributed by atoms with E-state index in [2.05, 4.69) is 15.6 Å². The minimum Gasteiger partial charge on any atom is -0.356 e. The van der Waals surface area contributed by atoms with E-state index in [-0.39, 0.29) is 11.8 Å². The van der Waals surface area contributed by atoms with Crippen molar-refractivity contribution in [3.05, 3.63) is 71.1 Å². The summed E-state index contributed by atoms with van der Waals surface area (Å²) in [6.07, 6.45) is 5.54. The van der Waals surface area contributed by atoms with Crippen LogP contribution in [0.4, 0.5) is 0 Å². The lowest BCUT2D eigenvalue weighted by molar-refractivity contribution is -0.121. The molecule has 7 heteroatoms. The number of imidazole rings is 1. The van der Waals surface area contributed by atoms with Crippen LogP contribution in [0.5, 0.6) is 0 Å². The second-order valence-corrected chi connectivity index (χ2v) is 6.60. The van der Waals surface area contributed by atoms with E-state index < -0.39 is 0 Å². The van der Waals surface area contributed by atoms with Crippen LogP contribution in [0.1, 0.15) is 28.9 Å². The molecule has 0 aliphatic heterocycles. The highest BCUT2D eigenvalue weighted by atomic mass is 35.5. The van der Waals surface area contributed by atoms with Crippen molar-refractivity contribution >= 4 is 29.1 Å². The van der Waals surface area contributed by atoms with Gasteiger partial charge in [-0.1, -0.05) is 17.7 Å². The number of hydrogen-bond donors (Lipinski definition) is 2. The monoisotopic (exact) mass is 384 g/mol. The number of hydrogen-bond acceptors (Lipinski definition) is 3. The number of carbonyl (C=O) groups excluding carboxylic acids is 2. The quantitative estimate of drug-likeness (QED) is 0.586.